The van der Waals surface area contributed by atoms with Crippen molar-refractivity contribution in [3.05, 3.63) is 40.3 Å². The monoisotopic (exact) mass is 362 g/mol. The van der Waals surface area contributed by atoms with Crippen LogP contribution in [-0.2, 0) is 0 Å². The van der Waals surface area contributed by atoms with Gasteiger partial charge in [-0.1, -0.05) is 25.7 Å². The molecule has 5 nitrogen and oxygen atoms in total. The third kappa shape index (κ3) is 3.74. The van der Waals surface area contributed by atoms with Gasteiger partial charge in [0.25, 0.3) is 5.91 Å². The second kappa shape index (κ2) is 7.05. The lowest BCUT2D eigenvalue weighted by molar-refractivity contribution is 0.102. The number of H-pyrrole nitrogens is 1. The van der Waals surface area contributed by atoms with Gasteiger partial charge in [-0.3, -0.25) is 14.9 Å². The molecule has 0 bridgehead atoms. The third-order valence-corrected chi connectivity index (χ3v) is 4.54. The highest BCUT2D eigenvalue weighted by atomic mass is 79.9. The van der Waals surface area contributed by atoms with E-state index in [1.807, 2.05) is 6.07 Å². The lowest BCUT2D eigenvalue weighted by Crippen LogP contribution is -2.12. The molecule has 2 heterocycles. The zero-order valence-corrected chi connectivity index (χ0v) is 13.9. The molecule has 0 unspecified atom stereocenters. The lowest BCUT2D eigenvalue weighted by Gasteiger charge is -2.10. The maximum absolute atomic E-state index is 12.2. The van der Waals surface area contributed by atoms with Gasteiger partial charge in [-0.05, 0) is 34.8 Å². The number of pyridine rings is 1. The predicted molar refractivity (Wildman–Crippen MR) is 88.9 cm³/mol. The molecular formula is C16H19BrN4O. The molecule has 1 aliphatic carbocycles. The summed E-state index contributed by atoms with van der Waals surface area (Å²) in [5, 5.41) is 10.1. The quantitative estimate of drug-likeness (QED) is 0.801. The number of carbonyl (C=O) groups excluding carboxylic acids is 1. The number of hydrogen-bond donors (Lipinski definition) is 2. The molecule has 2 aromatic rings. The number of hydrogen-bond acceptors (Lipinski definition) is 3. The van der Waals surface area contributed by atoms with Crippen molar-refractivity contribution in [2.45, 2.75) is 44.4 Å². The molecule has 3 rings (SSSR count). The van der Waals surface area contributed by atoms with Crippen LogP contribution in [0.4, 0.5) is 5.82 Å². The topological polar surface area (TPSA) is 70.7 Å². The van der Waals surface area contributed by atoms with Gasteiger partial charge in [0.05, 0.1) is 5.56 Å². The summed E-state index contributed by atoms with van der Waals surface area (Å²) < 4.78 is 0.779. The zero-order valence-electron chi connectivity index (χ0n) is 12.3. The number of amides is 1. The van der Waals surface area contributed by atoms with E-state index in [0.29, 0.717) is 17.3 Å². The minimum absolute atomic E-state index is 0.201. The summed E-state index contributed by atoms with van der Waals surface area (Å²) in [6.45, 7) is 0. The highest BCUT2D eigenvalue weighted by Crippen LogP contribution is 2.31. The van der Waals surface area contributed by atoms with Crippen LogP contribution in [0, 0.1) is 0 Å². The van der Waals surface area contributed by atoms with Crippen molar-refractivity contribution in [2.75, 3.05) is 5.32 Å². The van der Waals surface area contributed by atoms with Crippen LogP contribution in [-0.4, -0.2) is 21.1 Å². The van der Waals surface area contributed by atoms with E-state index >= 15 is 0 Å². The fraction of sp³-hybridized carbons (Fsp3) is 0.438. The molecule has 1 amide bonds. The molecule has 0 atom stereocenters. The van der Waals surface area contributed by atoms with E-state index in [0.717, 1.165) is 10.2 Å². The van der Waals surface area contributed by atoms with Crippen molar-refractivity contribution in [1.82, 2.24) is 15.2 Å². The fourth-order valence-corrected chi connectivity index (χ4v) is 3.29. The van der Waals surface area contributed by atoms with Crippen LogP contribution < -0.4 is 5.32 Å². The Kier molecular flexibility index (Phi) is 4.87. The van der Waals surface area contributed by atoms with Crippen molar-refractivity contribution in [3.63, 3.8) is 0 Å². The Morgan fingerprint density at radius 3 is 2.68 bits per heavy atom. The van der Waals surface area contributed by atoms with E-state index in [-0.39, 0.29) is 5.91 Å². The summed E-state index contributed by atoms with van der Waals surface area (Å²) in [7, 11) is 0. The summed E-state index contributed by atoms with van der Waals surface area (Å²) in [6, 6.07) is 3.69. The Labute approximate surface area is 138 Å². The van der Waals surface area contributed by atoms with Gasteiger partial charge in [-0.15, -0.1) is 0 Å². The first-order chi connectivity index (χ1) is 10.7. The number of aromatic amines is 1. The molecule has 0 saturated heterocycles. The van der Waals surface area contributed by atoms with E-state index in [2.05, 4.69) is 36.4 Å². The maximum Gasteiger partial charge on any atom is 0.258 e. The summed E-state index contributed by atoms with van der Waals surface area (Å²) in [4.78, 5) is 16.2. The normalized spacial score (nSPS) is 16.2. The second-order valence-electron chi connectivity index (χ2n) is 5.74. The number of rotatable bonds is 3. The SMILES string of the molecule is O=C(Nc1cc(C2CCCCCC2)[nH]n1)c1cncc(Br)c1. The molecule has 0 aromatic carbocycles. The second-order valence-corrected chi connectivity index (χ2v) is 6.66. The van der Waals surface area contributed by atoms with Crippen LogP contribution in [0.2, 0.25) is 0 Å². The molecule has 2 N–H and O–H groups in total. The third-order valence-electron chi connectivity index (χ3n) is 4.10. The van der Waals surface area contributed by atoms with E-state index < -0.39 is 0 Å². The maximum atomic E-state index is 12.2. The van der Waals surface area contributed by atoms with Gasteiger partial charge in [0.2, 0.25) is 0 Å². The van der Waals surface area contributed by atoms with E-state index in [1.54, 1.807) is 18.5 Å². The van der Waals surface area contributed by atoms with Gasteiger partial charge in [0.15, 0.2) is 5.82 Å². The van der Waals surface area contributed by atoms with Gasteiger partial charge in [0, 0.05) is 34.5 Å². The number of nitrogens with zero attached hydrogens (tertiary/aromatic N) is 2. The zero-order chi connectivity index (χ0) is 15.4. The largest absolute Gasteiger partial charge is 0.305 e. The van der Waals surface area contributed by atoms with Gasteiger partial charge in [0.1, 0.15) is 0 Å². The van der Waals surface area contributed by atoms with Crippen molar-refractivity contribution in [1.29, 1.82) is 0 Å². The first-order valence-electron chi connectivity index (χ1n) is 7.69. The summed E-state index contributed by atoms with van der Waals surface area (Å²) >= 11 is 3.32. The Balaban J connectivity index is 1.67. The van der Waals surface area contributed by atoms with E-state index in [4.69, 9.17) is 0 Å². The van der Waals surface area contributed by atoms with Crippen LogP contribution >= 0.6 is 15.9 Å². The van der Waals surface area contributed by atoms with Crippen molar-refractivity contribution >= 4 is 27.7 Å². The summed E-state index contributed by atoms with van der Waals surface area (Å²) in [5.41, 5.74) is 1.64. The molecule has 6 heteroatoms. The molecule has 116 valence electrons. The van der Waals surface area contributed by atoms with Crippen molar-refractivity contribution in [2.24, 2.45) is 0 Å². The molecule has 1 aliphatic rings. The Hall–Kier alpha value is -1.69. The minimum atomic E-state index is -0.201. The number of halogens is 1. The average Bonchev–Trinajstić information content (AvgIpc) is 2.81. The van der Waals surface area contributed by atoms with Crippen LogP contribution in [0.3, 0.4) is 0 Å². The number of anilines is 1. The van der Waals surface area contributed by atoms with Gasteiger partial charge < -0.3 is 5.32 Å². The average molecular weight is 363 g/mol. The number of carbonyl (C=O) groups is 1. The molecule has 0 radical (unpaired) electrons. The van der Waals surface area contributed by atoms with Crippen LogP contribution in [0.5, 0.6) is 0 Å². The molecule has 0 spiro atoms. The van der Waals surface area contributed by atoms with Crippen molar-refractivity contribution < 1.29 is 4.79 Å². The molecule has 2 aromatic heterocycles. The van der Waals surface area contributed by atoms with Crippen LogP contribution in [0.25, 0.3) is 0 Å². The van der Waals surface area contributed by atoms with Crippen LogP contribution in [0.15, 0.2) is 29.0 Å². The highest BCUT2D eigenvalue weighted by Gasteiger charge is 2.17. The molecule has 1 saturated carbocycles. The Bertz CT molecular complexity index is 647. The minimum Gasteiger partial charge on any atom is -0.305 e. The smallest absolute Gasteiger partial charge is 0.258 e. The molecule has 22 heavy (non-hydrogen) atoms. The van der Waals surface area contributed by atoms with Crippen LogP contribution in [0.1, 0.15) is 60.5 Å². The van der Waals surface area contributed by atoms with E-state index in [9.17, 15) is 4.79 Å². The molecule has 0 aliphatic heterocycles. The predicted octanol–water partition coefficient (Wildman–Crippen LogP) is 4.26. The van der Waals surface area contributed by atoms with Gasteiger partial charge >= 0.3 is 0 Å². The fourth-order valence-electron chi connectivity index (χ4n) is 2.92. The molecular weight excluding hydrogens is 344 g/mol. The summed E-state index contributed by atoms with van der Waals surface area (Å²) in [5.74, 6) is 0.908. The summed E-state index contributed by atoms with van der Waals surface area (Å²) in [6.07, 6.45) is 10.8. The van der Waals surface area contributed by atoms with Crippen molar-refractivity contribution in [3.8, 4) is 0 Å². The first-order valence-corrected chi connectivity index (χ1v) is 8.49. The Morgan fingerprint density at radius 1 is 1.18 bits per heavy atom. The first kappa shape index (κ1) is 15.2. The Morgan fingerprint density at radius 2 is 1.95 bits per heavy atom. The number of aromatic nitrogens is 3. The van der Waals surface area contributed by atoms with Gasteiger partial charge in [-0.25, -0.2) is 0 Å². The standard InChI is InChI=1S/C16H19BrN4O/c17-13-7-12(9-18-10-13)16(22)19-15-8-14(20-21-15)11-5-3-1-2-4-6-11/h7-11H,1-6H2,(H2,19,20,21,22). The highest BCUT2D eigenvalue weighted by molar-refractivity contribution is 9.10. The van der Waals surface area contributed by atoms with Gasteiger partial charge in [-0.2, -0.15) is 5.10 Å². The lowest BCUT2D eigenvalue weighted by atomic mass is 9.97. The van der Waals surface area contributed by atoms with E-state index in [1.165, 1.54) is 38.5 Å². The number of nitrogens with one attached hydrogen (secondary N) is 2. The molecule has 1 fully saturated rings.